The van der Waals surface area contributed by atoms with Crippen LogP contribution in [0.5, 0.6) is 28.7 Å². The molecule has 0 aromatic heterocycles. The largest absolute Gasteiger partial charge is 0.493 e. The second kappa shape index (κ2) is 10.1. The van der Waals surface area contributed by atoms with E-state index in [1.165, 1.54) is 11.1 Å². The summed E-state index contributed by atoms with van der Waals surface area (Å²) in [7, 11) is 8.22. The highest BCUT2D eigenvalue weighted by Gasteiger charge is 2.18. The Bertz CT molecular complexity index is 747. The van der Waals surface area contributed by atoms with Crippen molar-refractivity contribution in [2.24, 2.45) is 11.8 Å². The maximum atomic E-state index is 5.47. The summed E-state index contributed by atoms with van der Waals surface area (Å²) < 4.78 is 27.1. The molecule has 28 heavy (non-hydrogen) atoms. The Morgan fingerprint density at radius 3 is 1.50 bits per heavy atom. The minimum atomic E-state index is 0.468. The van der Waals surface area contributed by atoms with E-state index in [-0.39, 0.29) is 0 Å². The Kier molecular flexibility index (Phi) is 7.85. The lowest BCUT2D eigenvalue weighted by Gasteiger charge is -2.22. The number of hydrogen-bond acceptors (Lipinski definition) is 5. The zero-order valence-corrected chi connectivity index (χ0v) is 18.0. The Balaban J connectivity index is 2.13. The standard InChI is InChI=1S/C23H32O5/c1-15(10-17-8-9-19(24-3)20(12-17)25-4)16(2)11-18-13-21(26-5)23(28-7)22(14-18)27-6/h8-9,12-16H,10-11H2,1-7H3/t15-,16+/m0/s1. The van der Waals surface area contributed by atoms with E-state index in [2.05, 4.69) is 26.0 Å². The van der Waals surface area contributed by atoms with Crippen molar-refractivity contribution >= 4 is 0 Å². The molecule has 0 saturated heterocycles. The molecule has 0 unspecified atom stereocenters. The fourth-order valence-electron chi connectivity index (χ4n) is 3.41. The number of ether oxygens (including phenoxy) is 5. The molecule has 5 nitrogen and oxygen atoms in total. The lowest BCUT2D eigenvalue weighted by molar-refractivity contribution is 0.322. The Labute approximate surface area is 168 Å². The fraction of sp³-hybridized carbons (Fsp3) is 0.478. The van der Waals surface area contributed by atoms with E-state index in [9.17, 15) is 0 Å². The van der Waals surface area contributed by atoms with Gasteiger partial charge >= 0.3 is 0 Å². The first-order valence-corrected chi connectivity index (χ1v) is 9.47. The number of rotatable bonds is 10. The highest BCUT2D eigenvalue weighted by atomic mass is 16.5. The average Bonchev–Trinajstić information content (AvgIpc) is 2.72. The van der Waals surface area contributed by atoms with Gasteiger partial charge in [0, 0.05) is 0 Å². The van der Waals surface area contributed by atoms with Gasteiger partial charge in [0.25, 0.3) is 0 Å². The average molecular weight is 389 g/mol. The highest BCUT2D eigenvalue weighted by molar-refractivity contribution is 5.54. The SMILES string of the molecule is COc1ccc(C[C@H](C)[C@H](C)Cc2cc(OC)c(OC)c(OC)c2)cc1OC. The van der Waals surface area contributed by atoms with Crippen molar-refractivity contribution in [3.05, 3.63) is 41.5 Å². The molecule has 0 heterocycles. The van der Waals surface area contributed by atoms with Gasteiger partial charge in [-0.3, -0.25) is 0 Å². The summed E-state index contributed by atoms with van der Waals surface area (Å²) in [5.74, 6) is 4.48. The molecule has 0 aliphatic rings. The lowest BCUT2D eigenvalue weighted by Crippen LogP contribution is -2.14. The first kappa shape index (κ1) is 21.7. The molecule has 0 radical (unpaired) electrons. The minimum absolute atomic E-state index is 0.468. The maximum absolute atomic E-state index is 5.47. The predicted octanol–water partition coefficient (Wildman–Crippen LogP) is 4.79. The summed E-state index contributed by atoms with van der Waals surface area (Å²) in [6, 6.07) is 10.2. The molecular weight excluding hydrogens is 356 g/mol. The van der Waals surface area contributed by atoms with Crippen LogP contribution in [-0.4, -0.2) is 35.5 Å². The molecular formula is C23H32O5. The van der Waals surface area contributed by atoms with Crippen LogP contribution >= 0.6 is 0 Å². The number of hydrogen-bond donors (Lipinski definition) is 0. The smallest absolute Gasteiger partial charge is 0.203 e. The molecule has 0 aliphatic heterocycles. The van der Waals surface area contributed by atoms with E-state index >= 15 is 0 Å². The summed E-state index contributed by atoms with van der Waals surface area (Å²) in [6.45, 7) is 4.55. The second-order valence-electron chi connectivity index (χ2n) is 7.09. The lowest BCUT2D eigenvalue weighted by atomic mass is 9.85. The summed E-state index contributed by atoms with van der Waals surface area (Å²) in [6.07, 6.45) is 1.89. The molecule has 2 atom stereocenters. The van der Waals surface area contributed by atoms with Gasteiger partial charge in [-0.2, -0.15) is 0 Å². The third-order valence-electron chi connectivity index (χ3n) is 5.26. The van der Waals surface area contributed by atoms with Crippen molar-refractivity contribution in [3.8, 4) is 28.7 Å². The third-order valence-corrected chi connectivity index (χ3v) is 5.26. The van der Waals surface area contributed by atoms with Gasteiger partial charge in [-0.05, 0) is 60.1 Å². The van der Waals surface area contributed by atoms with E-state index < -0.39 is 0 Å². The second-order valence-corrected chi connectivity index (χ2v) is 7.09. The molecule has 0 aliphatic carbocycles. The molecule has 2 aromatic rings. The van der Waals surface area contributed by atoms with Crippen LogP contribution in [0.1, 0.15) is 25.0 Å². The maximum Gasteiger partial charge on any atom is 0.203 e. The predicted molar refractivity (Wildman–Crippen MR) is 111 cm³/mol. The van der Waals surface area contributed by atoms with Gasteiger partial charge in [0.15, 0.2) is 23.0 Å². The van der Waals surface area contributed by atoms with Gasteiger partial charge in [-0.1, -0.05) is 19.9 Å². The summed E-state index contributed by atoms with van der Waals surface area (Å²) in [5, 5.41) is 0. The van der Waals surface area contributed by atoms with Crippen LogP contribution in [0.4, 0.5) is 0 Å². The fourth-order valence-corrected chi connectivity index (χ4v) is 3.41. The van der Waals surface area contributed by atoms with E-state index in [0.29, 0.717) is 29.1 Å². The van der Waals surface area contributed by atoms with Crippen LogP contribution in [0.2, 0.25) is 0 Å². The van der Waals surface area contributed by atoms with Crippen molar-refractivity contribution in [2.75, 3.05) is 35.5 Å². The number of methoxy groups -OCH3 is 5. The molecule has 0 N–H and O–H groups in total. The van der Waals surface area contributed by atoms with Crippen molar-refractivity contribution in [1.29, 1.82) is 0 Å². The van der Waals surface area contributed by atoms with Gasteiger partial charge in [0.05, 0.1) is 35.5 Å². The van der Waals surface area contributed by atoms with Crippen molar-refractivity contribution in [3.63, 3.8) is 0 Å². The van der Waals surface area contributed by atoms with Crippen LogP contribution < -0.4 is 23.7 Å². The molecule has 0 bridgehead atoms. The first-order valence-electron chi connectivity index (χ1n) is 9.47. The van der Waals surface area contributed by atoms with Crippen LogP contribution in [0.25, 0.3) is 0 Å². The van der Waals surface area contributed by atoms with Crippen molar-refractivity contribution < 1.29 is 23.7 Å². The van der Waals surface area contributed by atoms with Gasteiger partial charge in [-0.15, -0.1) is 0 Å². The van der Waals surface area contributed by atoms with E-state index in [4.69, 9.17) is 23.7 Å². The molecule has 0 spiro atoms. The zero-order valence-electron chi connectivity index (χ0n) is 18.0. The summed E-state index contributed by atoms with van der Waals surface area (Å²) in [4.78, 5) is 0. The molecule has 154 valence electrons. The van der Waals surface area contributed by atoms with Crippen LogP contribution in [0.15, 0.2) is 30.3 Å². The first-order chi connectivity index (χ1) is 13.5. The molecule has 2 aromatic carbocycles. The Morgan fingerprint density at radius 1 is 0.571 bits per heavy atom. The van der Waals surface area contributed by atoms with Gasteiger partial charge in [0.1, 0.15) is 0 Å². The van der Waals surface area contributed by atoms with E-state index in [0.717, 1.165) is 24.3 Å². The molecule has 5 heteroatoms. The van der Waals surface area contributed by atoms with E-state index in [1.54, 1.807) is 35.5 Å². The molecule has 0 saturated carbocycles. The number of benzene rings is 2. The zero-order chi connectivity index (χ0) is 20.7. The molecule has 2 rings (SSSR count). The third kappa shape index (κ3) is 5.03. The van der Waals surface area contributed by atoms with Crippen molar-refractivity contribution in [1.82, 2.24) is 0 Å². The van der Waals surface area contributed by atoms with Crippen LogP contribution in [0, 0.1) is 11.8 Å². The van der Waals surface area contributed by atoms with Crippen molar-refractivity contribution in [2.45, 2.75) is 26.7 Å². The monoisotopic (exact) mass is 388 g/mol. The minimum Gasteiger partial charge on any atom is -0.493 e. The van der Waals surface area contributed by atoms with Gasteiger partial charge < -0.3 is 23.7 Å². The normalized spacial score (nSPS) is 12.8. The topological polar surface area (TPSA) is 46.2 Å². The molecule has 0 amide bonds. The molecule has 0 fully saturated rings. The summed E-state index contributed by atoms with van der Waals surface area (Å²) in [5.41, 5.74) is 2.41. The van der Waals surface area contributed by atoms with Crippen LogP contribution in [0.3, 0.4) is 0 Å². The summed E-state index contributed by atoms with van der Waals surface area (Å²) >= 11 is 0. The van der Waals surface area contributed by atoms with Crippen LogP contribution in [-0.2, 0) is 12.8 Å². The Morgan fingerprint density at radius 2 is 1.04 bits per heavy atom. The Hall–Kier alpha value is -2.56. The van der Waals surface area contributed by atoms with E-state index in [1.807, 2.05) is 18.2 Å². The van der Waals surface area contributed by atoms with Gasteiger partial charge in [-0.25, -0.2) is 0 Å². The quantitative estimate of drug-likeness (QED) is 0.586. The highest BCUT2D eigenvalue weighted by Crippen LogP contribution is 2.39. The van der Waals surface area contributed by atoms with Gasteiger partial charge in [0.2, 0.25) is 5.75 Å².